The molecule has 1 N–H and O–H groups in total. The normalized spacial score (nSPS) is 11.1. The maximum Gasteiger partial charge on any atom is 0.416 e. The number of hydrogen-bond donors (Lipinski definition) is 1. The van der Waals surface area contributed by atoms with Crippen LogP contribution in [0.1, 0.15) is 20.8 Å². The van der Waals surface area contributed by atoms with Crippen LogP contribution in [0, 0.1) is 0 Å². The Bertz CT molecular complexity index is 952. The molecule has 0 aliphatic carbocycles. The average Bonchev–Trinajstić information content (AvgIpc) is 3.15. The summed E-state index contributed by atoms with van der Waals surface area (Å²) in [7, 11) is 1.58. The van der Waals surface area contributed by atoms with Gasteiger partial charge in [-0.1, -0.05) is 6.07 Å². The first-order valence-corrected chi connectivity index (χ1v) is 9.06. The van der Waals surface area contributed by atoms with E-state index in [0.29, 0.717) is 10.6 Å². The smallest absolute Gasteiger partial charge is 0.416 e. The number of carbonyl (C=O) groups is 1. The van der Waals surface area contributed by atoms with Crippen LogP contribution in [0.3, 0.4) is 0 Å². The summed E-state index contributed by atoms with van der Waals surface area (Å²) in [6, 6.07) is 13.3. The summed E-state index contributed by atoms with van der Waals surface area (Å²) < 4.78 is 49.0. The monoisotopic (exact) mass is 407 g/mol. The van der Waals surface area contributed by atoms with Crippen LogP contribution in [0.25, 0.3) is 0 Å². The SMILES string of the molecule is COc1ccc(OCc2csc(C(=O)Nc3cccc(C(F)(F)F)c3)c2)cc1. The summed E-state index contributed by atoms with van der Waals surface area (Å²) in [4.78, 5) is 12.7. The standard InChI is InChI=1S/C20H16F3NO3S/c1-26-16-5-7-17(8-6-16)27-11-13-9-18(28-12-13)19(25)24-15-4-2-3-14(10-15)20(21,22)23/h2-10,12H,11H2,1H3,(H,24,25). The summed E-state index contributed by atoms with van der Waals surface area (Å²) in [6.45, 7) is 0.264. The molecule has 3 aromatic rings. The molecular weight excluding hydrogens is 391 g/mol. The lowest BCUT2D eigenvalue weighted by molar-refractivity contribution is -0.137. The fourth-order valence-corrected chi connectivity index (χ4v) is 3.17. The lowest BCUT2D eigenvalue weighted by atomic mass is 10.2. The highest BCUT2D eigenvalue weighted by Crippen LogP contribution is 2.31. The topological polar surface area (TPSA) is 47.6 Å². The third kappa shape index (κ3) is 5.04. The van der Waals surface area contributed by atoms with E-state index in [2.05, 4.69) is 5.32 Å². The first-order valence-electron chi connectivity index (χ1n) is 8.18. The van der Waals surface area contributed by atoms with Crippen molar-refractivity contribution in [3.8, 4) is 11.5 Å². The second-order valence-corrected chi connectivity index (χ2v) is 6.73. The number of anilines is 1. The Morgan fingerprint density at radius 2 is 1.79 bits per heavy atom. The van der Waals surface area contributed by atoms with E-state index in [1.807, 2.05) is 0 Å². The van der Waals surface area contributed by atoms with E-state index >= 15 is 0 Å². The predicted octanol–water partition coefficient (Wildman–Crippen LogP) is 5.61. The Morgan fingerprint density at radius 3 is 2.46 bits per heavy atom. The lowest BCUT2D eigenvalue weighted by Gasteiger charge is -2.09. The molecule has 3 rings (SSSR count). The maximum absolute atomic E-state index is 12.8. The molecule has 2 aromatic carbocycles. The second kappa shape index (κ2) is 8.35. The van der Waals surface area contributed by atoms with Crippen molar-refractivity contribution in [1.82, 2.24) is 0 Å². The molecule has 1 amide bonds. The fourth-order valence-electron chi connectivity index (χ4n) is 2.37. The van der Waals surface area contributed by atoms with E-state index < -0.39 is 17.6 Å². The summed E-state index contributed by atoms with van der Waals surface area (Å²) in [6.07, 6.45) is -4.46. The van der Waals surface area contributed by atoms with Gasteiger partial charge in [0.15, 0.2) is 0 Å². The molecule has 0 unspecified atom stereocenters. The number of halogens is 3. The van der Waals surface area contributed by atoms with Crippen molar-refractivity contribution >= 4 is 22.9 Å². The zero-order valence-corrected chi connectivity index (χ0v) is 15.6. The second-order valence-electron chi connectivity index (χ2n) is 5.82. The highest BCUT2D eigenvalue weighted by molar-refractivity contribution is 7.12. The average molecular weight is 407 g/mol. The van der Waals surface area contributed by atoms with E-state index in [1.165, 1.54) is 23.5 Å². The minimum Gasteiger partial charge on any atom is -0.497 e. The third-order valence-electron chi connectivity index (χ3n) is 3.79. The first-order chi connectivity index (χ1) is 13.3. The molecular formula is C20H16F3NO3S. The van der Waals surface area contributed by atoms with Crippen molar-refractivity contribution in [2.45, 2.75) is 12.8 Å². The van der Waals surface area contributed by atoms with Crippen molar-refractivity contribution in [2.24, 2.45) is 0 Å². The van der Waals surface area contributed by atoms with Gasteiger partial charge in [0, 0.05) is 11.3 Å². The van der Waals surface area contributed by atoms with Gasteiger partial charge in [0.2, 0.25) is 0 Å². The largest absolute Gasteiger partial charge is 0.497 e. The van der Waals surface area contributed by atoms with Crippen LogP contribution in [0.15, 0.2) is 60.0 Å². The summed E-state index contributed by atoms with van der Waals surface area (Å²) >= 11 is 1.19. The number of thiophene rings is 1. The van der Waals surface area contributed by atoms with Gasteiger partial charge in [-0.3, -0.25) is 4.79 Å². The molecule has 0 saturated heterocycles. The number of hydrogen-bond acceptors (Lipinski definition) is 4. The van der Waals surface area contributed by atoms with Crippen LogP contribution >= 0.6 is 11.3 Å². The number of carbonyl (C=O) groups excluding carboxylic acids is 1. The molecule has 1 heterocycles. The van der Waals surface area contributed by atoms with Crippen molar-refractivity contribution in [2.75, 3.05) is 12.4 Å². The van der Waals surface area contributed by atoms with Crippen LogP contribution in [-0.2, 0) is 12.8 Å². The lowest BCUT2D eigenvalue weighted by Crippen LogP contribution is -2.12. The number of benzene rings is 2. The minimum absolute atomic E-state index is 0.0873. The van der Waals surface area contributed by atoms with E-state index in [9.17, 15) is 18.0 Å². The number of rotatable bonds is 6. The van der Waals surface area contributed by atoms with Crippen LogP contribution in [0.4, 0.5) is 18.9 Å². The van der Waals surface area contributed by atoms with Crippen molar-refractivity contribution in [3.05, 3.63) is 76.0 Å². The number of ether oxygens (including phenoxy) is 2. The Morgan fingerprint density at radius 1 is 1.07 bits per heavy atom. The van der Waals surface area contributed by atoms with Crippen molar-refractivity contribution in [3.63, 3.8) is 0 Å². The van der Waals surface area contributed by atoms with Gasteiger partial charge >= 0.3 is 6.18 Å². The van der Waals surface area contributed by atoms with Crippen LogP contribution < -0.4 is 14.8 Å². The van der Waals surface area contributed by atoms with Gasteiger partial charge in [0.05, 0.1) is 17.6 Å². The summed E-state index contributed by atoms with van der Waals surface area (Å²) in [5, 5.41) is 4.26. The molecule has 8 heteroatoms. The molecule has 0 fully saturated rings. The van der Waals surface area contributed by atoms with E-state index in [0.717, 1.165) is 23.4 Å². The summed E-state index contributed by atoms with van der Waals surface area (Å²) in [5.74, 6) is 0.901. The quantitative estimate of drug-likeness (QED) is 0.578. The van der Waals surface area contributed by atoms with Crippen LogP contribution in [0.2, 0.25) is 0 Å². The van der Waals surface area contributed by atoms with E-state index in [1.54, 1.807) is 42.8 Å². The Hall–Kier alpha value is -3.00. The number of amides is 1. The van der Waals surface area contributed by atoms with E-state index in [4.69, 9.17) is 9.47 Å². The van der Waals surface area contributed by atoms with E-state index in [-0.39, 0.29) is 12.3 Å². The molecule has 28 heavy (non-hydrogen) atoms. The molecule has 1 aromatic heterocycles. The Balaban J connectivity index is 1.60. The number of nitrogens with one attached hydrogen (secondary N) is 1. The van der Waals surface area contributed by atoms with Crippen LogP contribution in [0.5, 0.6) is 11.5 Å². The molecule has 0 aliphatic heterocycles. The zero-order valence-electron chi connectivity index (χ0n) is 14.7. The molecule has 0 spiro atoms. The Labute approximate surface area is 163 Å². The Kier molecular flexibility index (Phi) is 5.89. The molecule has 0 radical (unpaired) electrons. The van der Waals surface area contributed by atoms with Gasteiger partial charge in [-0.15, -0.1) is 11.3 Å². The van der Waals surface area contributed by atoms with Gasteiger partial charge in [-0.05, 0) is 53.9 Å². The number of methoxy groups -OCH3 is 1. The highest BCUT2D eigenvalue weighted by atomic mass is 32.1. The molecule has 0 saturated carbocycles. The van der Waals surface area contributed by atoms with Crippen molar-refractivity contribution in [1.29, 1.82) is 0 Å². The van der Waals surface area contributed by atoms with Gasteiger partial charge in [0.25, 0.3) is 5.91 Å². The molecule has 0 aliphatic rings. The highest BCUT2D eigenvalue weighted by Gasteiger charge is 2.30. The minimum atomic E-state index is -4.46. The summed E-state index contributed by atoms with van der Waals surface area (Å²) in [5.41, 5.74) is 0.0596. The first kappa shape index (κ1) is 19.8. The van der Waals surface area contributed by atoms with Crippen LogP contribution in [-0.4, -0.2) is 13.0 Å². The third-order valence-corrected chi connectivity index (χ3v) is 4.77. The van der Waals surface area contributed by atoms with Crippen molar-refractivity contribution < 1.29 is 27.4 Å². The number of alkyl halides is 3. The van der Waals surface area contributed by atoms with Gasteiger partial charge < -0.3 is 14.8 Å². The fraction of sp³-hybridized carbons (Fsp3) is 0.150. The zero-order chi connectivity index (χ0) is 20.1. The van der Waals surface area contributed by atoms with Gasteiger partial charge in [0.1, 0.15) is 18.1 Å². The molecule has 0 atom stereocenters. The molecule has 4 nitrogen and oxygen atoms in total. The van der Waals surface area contributed by atoms with Gasteiger partial charge in [-0.2, -0.15) is 13.2 Å². The van der Waals surface area contributed by atoms with Gasteiger partial charge in [-0.25, -0.2) is 0 Å². The molecule has 0 bridgehead atoms. The molecule has 146 valence electrons. The predicted molar refractivity (Wildman–Crippen MR) is 101 cm³/mol. The maximum atomic E-state index is 12.8.